The molecule has 10 heavy (non-hydrogen) atoms. The number of nitrogens with zero attached hydrogens (tertiary/aromatic N) is 1. The standard InChI is InChI=1S/C9H15N/c1-5-10-7-6-9(10,4)8(2)3/h1,8H,6-7H2,2-4H3. The highest BCUT2D eigenvalue weighted by Crippen LogP contribution is 2.35. The maximum absolute atomic E-state index is 5.32. The van der Waals surface area contributed by atoms with Crippen LogP contribution in [0.3, 0.4) is 0 Å². The molecular weight excluding hydrogens is 122 g/mol. The second kappa shape index (κ2) is 2.20. The Kier molecular flexibility index (Phi) is 1.64. The Balaban J connectivity index is 2.63. The van der Waals surface area contributed by atoms with E-state index in [1.807, 2.05) is 0 Å². The lowest BCUT2D eigenvalue weighted by atomic mass is 9.77. The molecule has 1 heteroatoms. The lowest BCUT2D eigenvalue weighted by Gasteiger charge is -2.51. The zero-order valence-corrected chi connectivity index (χ0v) is 7.02. The third kappa shape index (κ3) is 0.794. The van der Waals surface area contributed by atoms with Crippen LogP contribution in [-0.2, 0) is 0 Å². The normalized spacial score (nSPS) is 31.7. The molecule has 56 valence electrons. The fourth-order valence-electron chi connectivity index (χ4n) is 1.39. The minimum absolute atomic E-state index is 0.286. The number of likely N-dealkylation sites (tertiary alicyclic amines) is 1. The molecule has 1 saturated heterocycles. The van der Waals surface area contributed by atoms with Crippen molar-refractivity contribution in [3.8, 4) is 12.5 Å². The van der Waals surface area contributed by atoms with Crippen molar-refractivity contribution in [2.45, 2.75) is 32.7 Å². The molecule has 0 radical (unpaired) electrons. The minimum atomic E-state index is 0.286. The van der Waals surface area contributed by atoms with Gasteiger partial charge in [0.05, 0.1) is 0 Å². The van der Waals surface area contributed by atoms with Gasteiger partial charge in [0, 0.05) is 18.1 Å². The van der Waals surface area contributed by atoms with Gasteiger partial charge in [0.2, 0.25) is 0 Å². The van der Waals surface area contributed by atoms with E-state index in [2.05, 4.69) is 31.7 Å². The van der Waals surface area contributed by atoms with Gasteiger partial charge in [-0.15, -0.1) is 0 Å². The zero-order valence-electron chi connectivity index (χ0n) is 7.02. The van der Waals surface area contributed by atoms with E-state index in [0.29, 0.717) is 5.92 Å². The lowest BCUT2D eigenvalue weighted by molar-refractivity contribution is 0.0191. The van der Waals surface area contributed by atoms with E-state index in [9.17, 15) is 0 Å². The van der Waals surface area contributed by atoms with Crippen LogP contribution in [0.5, 0.6) is 0 Å². The molecule has 0 aromatic carbocycles. The first kappa shape index (κ1) is 7.47. The van der Waals surface area contributed by atoms with Gasteiger partial charge in [0.15, 0.2) is 0 Å². The maximum Gasteiger partial charge on any atom is 0.0492 e. The molecule has 1 atom stereocenters. The van der Waals surface area contributed by atoms with E-state index in [1.165, 1.54) is 6.42 Å². The highest BCUT2D eigenvalue weighted by Gasteiger charge is 2.41. The zero-order chi connectivity index (χ0) is 7.78. The van der Waals surface area contributed by atoms with E-state index in [1.54, 1.807) is 0 Å². The van der Waals surface area contributed by atoms with Crippen LogP contribution in [0.25, 0.3) is 0 Å². The quantitative estimate of drug-likeness (QED) is 0.497. The van der Waals surface area contributed by atoms with Gasteiger partial charge >= 0.3 is 0 Å². The molecular formula is C9H15N. The number of rotatable bonds is 1. The number of hydrogen-bond acceptors (Lipinski definition) is 1. The summed E-state index contributed by atoms with van der Waals surface area (Å²) in [5, 5.41) is 0. The molecule has 1 fully saturated rings. The van der Waals surface area contributed by atoms with Crippen molar-refractivity contribution in [1.29, 1.82) is 0 Å². The molecule has 0 saturated carbocycles. The third-order valence-electron chi connectivity index (χ3n) is 2.86. The molecule has 0 N–H and O–H groups in total. The van der Waals surface area contributed by atoms with Crippen LogP contribution < -0.4 is 0 Å². The molecule has 0 aromatic heterocycles. The maximum atomic E-state index is 5.32. The van der Waals surface area contributed by atoms with Gasteiger partial charge in [-0.3, -0.25) is 0 Å². The van der Waals surface area contributed by atoms with Crippen molar-refractivity contribution in [3.63, 3.8) is 0 Å². The molecule has 1 nitrogen and oxygen atoms in total. The highest BCUT2D eigenvalue weighted by molar-refractivity contribution is 5.06. The molecule has 0 spiro atoms. The average Bonchev–Trinajstić information content (AvgIpc) is 1.85. The number of hydrogen-bond donors (Lipinski definition) is 0. The van der Waals surface area contributed by atoms with Gasteiger partial charge in [0.1, 0.15) is 0 Å². The largest absolute Gasteiger partial charge is 0.327 e. The van der Waals surface area contributed by atoms with Crippen molar-refractivity contribution in [1.82, 2.24) is 4.90 Å². The minimum Gasteiger partial charge on any atom is -0.327 e. The Bertz CT molecular complexity index is 166. The van der Waals surface area contributed by atoms with Gasteiger partial charge < -0.3 is 4.90 Å². The topological polar surface area (TPSA) is 3.24 Å². The average molecular weight is 137 g/mol. The van der Waals surface area contributed by atoms with E-state index >= 15 is 0 Å². The first-order chi connectivity index (χ1) is 4.61. The van der Waals surface area contributed by atoms with Crippen LogP contribution in [0.15, 0.2) is 0 Å². The van der Waals surface area contributed by atoms with Crippen molar-refractivity contribution >= 4 is 0 Å². The Morgan fingerprint density at radius 1 is 1.60 bits per heavy atom. The lowest BCUT2D eigenvalue weighted by Crippen LogP contribution is -2.58. The molecule has 0 amide bonds. The molecule has 1 heterocycles. The Labute approximate surface area is 63.4 Å². The van der Waals surface area contributed by atoms with Crippen molar-refractivity contribution in [2.24, 2.45) is 5.92 Å². The summed E-state index contributed by atoms with van der Waals surface area (Å²) in [7, 11) is 0. The van der Waals surface area contributed by atoms with Crippen molar-refractivity contribution in [2.75, 3.05) is 6.54 Å². The second-order valence-corrected chi connectivity index (χ2v) is 3.54. The molecule has 1 aliphatic rings. The third-order valence-corrected chi connectivity index (χ3v) is 2.86. The first-order valence-corrected chi connectivity index (χ1v) is 3.85. The molecule has 1 aliphatic heterocycles. The molecule has 0 aliphatic carbocycles. The fraction of sp³-hybridized carbons (Fsp3) is 0.778. The summed E-state index contributed by atoms with van der Waals surface area (Å²) in [5.74, 6) is 0.664. The summed E-state index contributed by atoms with van der Waals surface area (Å²) in [6.45, 7) is 7.76. The van der Waals surface area contributed by atoms with Gasteiger partial charge in [-0.05, 0) is 19.3 Å². The SMILES string of the molecule is C#CN1CCC1(C)C(C)C. The first-order valence-electron chi connectivity index (χ1n) is 3.85. The Morgan fingerprint density at radius 3 is 2.30 bits per heavy atom. The molecule has 0 aromatic rings. The summed E-state index contributed by atoms with van der Waals surface area (Å²) >= 11 is 0. The van der Waals surface area contributed by atoms with Crippen LogP contribution in [0.4, 0.5) is 0 Å². The van der Waals surface area contributed by atoms with E-state index in [-0.39, 0.29) is 5.54 Å². The van der Waals surface area contributed by atoms with Crippen LogP contribution in [-0.4, -0.2) is 17.0 Å². The van der Waals surface area contributed by atoms with E-state index in [0.717, 1.165) is 6.54 Å². The van der Waals surface area contributed by atoms with Crippen LogP contribution in [0.2, 0.25) is 0 Å². The van der Waals surface area contributed by atoms with Crippen LogP contribution in [0, 0.1) is 18.4 Å². The summed E-state index contributed by atoms with van der Waals surface area (Å²) in [6.07, 6.45) is 6.57. The Morgan fingerprint density at radius 2 is 2.20 bits per heavy atom. The van der Waals surface area contributed by atoms with E-state index in [4.69, 9.17) is 6.42 Å². The van der Waals surface area contributed by atoms with Gasteiger partial charge in [-0.25, -0.2) is 0 Å². The number of terminal acetylenes is 1. The van der Waals surface area contributed by atoms with E-state index < -0.39 is 0 Å². The van der Waals surface area contributed by atoms with Crippen molar-refractivity contribution in [3.05, 3.63) is 0 Å². The predicted octanol–water partition coefficient (Wildman–Crippen LogP) is 1.70. The van der Waals surface area contributed by atoms with Gasteiger partial charge in [-0.2, -0.15) is 0 Å². The van der Waals surface area contributed by atoms with Crippen molar-refractivity contribution < 1.29 is 0 Å². The van der Waals surface area contributed by atoms with Gasteiger partial charge in [-0.1, -0.05) is 20.3 Å². The smallest absolute Gasteiger partial charge is 0.0492 e. The fourth-order valence-corrected chi connectivity index (χ4v) is 1.39. The summed E-state index contributed by atoms with van der Waals surface area (Å²) in [4.78, 5) is 2.09. The highest BCUT2D eigenvalue weighted by atomic mass is 15.2. The summed E-state index contributed by atoms with van der Waals surface area (Å²) in [6, 6.07) is 2.71. The second-order valence-electron chi connectivity index (χ2n) is 3.54. The van der Waals surface area contributed by atoms with Gasteiger partial charge in [0.25, 0.3) is 0 Å². The molecule has 1 unspecified atom stereocenters. The Hall–Kier alpha value is -0.640. The van der Waals surface area contributed by atoms with Crippen LogP contribution >= 0.6 is 0 Å². The predicted molar refractivity (Wildman–Crippen MR) is 43.4 cm³/mol. The van der Waals surface area contributed by atoms with Crippen LogP contribution in [0.1, 0.15) is 27.2 Å². The summed E-state index contributed by atoms with van der Waals surface area (Å²) in [5.41, 5.74) is 0.286. The summed E-state index contributed by atoms with van der Waals surface area (Å²) < 4.78 is 0. The molecule has 1 rings (SSSR count). The monoisotopic (exact) mass is 137 g/mol. The molecule has 0 bridgehead atoms.